The molecule has 1 heterocycles. The van der Waals surface area contributed by atoms with Gasteiger partial charge in [-0.1, -0.05) is 61.5 Å². The van der Waals surface area contributed by atoms with Gasteiger partial charge in [-0.25, -0.2) is 8.42 Å². The predicted molar refractivity (Wildman–Crippen MR) is 123 cm³/mol. The monoisotopic (exact) mass is 434 g/mol. The maximum Gasteiger partial charge on any atom is 0.241 e. The second kappa shape index (κ2) is 8.65. The number of carbonyl (C=O) groups excluding carboxylic acids is 1. The van der Waals surface area contributed by atoms with Crippen molar-refractivity contribution in [2.24, 2.45) is 0 Å². The molecule has 1 aliphatic rings. The molecule has 0 fully saturated rings. The maximum atomic E-state index is 13.4. The number of sulfonamides is 1. The summed E-state index contributed by atoms with van der Waals surface area (Å²) in [6, 6.07) is 21.9. The Labute approximate surface area is 183 Å². The van der Waals surface area contributed by atoms with Crippen LogP contribution in [0.15, 0.2) is 77.7 Å². The van der Waals surface area contributed by atoms with Crippen LogP contribution in [0.3, 0.4) is 0 Å². The molecule has 0 radical (unpaired) electrons. The average Bonchev–Trinajstić information content (AvgIpc) is 3.21. The molecule has 1 amide bonds. The topological polar surface area (TPSA) is 66.5 Å². The molecule has 3 aromatic carbocycles. The van der Waals surface area contributed by atoms with Gasteiger partial charge in [0.05, 0.1) is 10.9 Å². The van der Waals surface area contributed by atoms with Gasteiger partial charge in [-0.2, -0.15) is 4.72 Å². The van der Waals surface area contributed by atoms with Gasteiger partial charge in [0.2, 0.25) is 15.9 Å². The Morgan fingerprint density at radius 1 is 1.03 bits per heavy atom. The van der Waals surface area contributed by atoms with E-state index in [-0.39, 0.29) is 10.8 Å². The third-order valence-corrected chi connectivity index (χ3v) is 7.19. The van der Waals surface area contributed by atoms with Gasteiger partial charge >= 0.3 is 0 Å². The number of carbonyl (C=O) groups is 1. The molecular weight excluding hydrogens is 408 g/mol. The van der Waals surface area contributed by atoms with E-state index in [9.17, 15) is 13.2 Å². The number of hydrogen-bond donors (Lipinski definition) is 1. The summed E-state index contributed by atoms with van der Waals surface area (Å²) in [5.74, 6) is 0.0520. The van der Waals surface area contributed by atoms with Gasteiger partial charge in [0.1, 0.15) is 0 Å². The number of rotatable bonds is 6. The minimum atomic E-state index is -3.79. The minimum Gasteiger partial charge on any atom is -0.312 e. The van der Waals surface area contributed by atoms with Crippen molar-refractivity contribution in [1.29, 1.82) is 0 Å². The zero-order valence-electron chi connectivity index (χ0n) is 17.7. The van der Waals surface area contributed by atoms with Crippen LogP contribution in [0.2, 0.25) is 0 Å². The number of hydrogen-bond acceptors (Lipinski definition) is 3. The molecular formula is C25H26N2O3S. The van der Waals surface area contributed by atoms with Crippen molar-refractivity contribution in [3.8, 4) is 0 Å². The first kappa shape index (κ1) is 21.3. The third-order valence-electron chi connectivity index (χ3n) is 5.77. The van der Waals surface area contributed by atoms with Gasteiger partial charge in [0.25, 0.3) is 0 Å². The highest BCUT2D eigenvalue weighted by atomic mass is 32.2. The maximum absolute atomic E-state index is 13.4. The van der Waals surface area contributed by atoms with E-state index in [0.717, 1.165) is 27.9 Å². The van der Waals surface area contributed by atoms with Gasteiger partial charge in [0.15, 0.2) is 0 Å². The molecule has 0 spiro atoms. The first-order valence-electron chi connectivity index (χ1n) is 10.5. The molecule has 0 aromatic heterocycles. The molecule has 0 bridgehead atoms. The molecule has 0 saturated heterocycles. The van der Waals surface area contributed by atoms with Crippen molar-refractivity contribution >= 4 is 21.6 Å². The fourth-order valence-corrected chi connectivity index (χ4v) is 5.34. The normalized spacial score (nSPS) is 14.3. The van der Waals surface area contributed by atoms with Gasteiger partial charge < -0.3 is 4.90 Å². The van der Waals surface area contributed by atoms with Crippen LogP contribution in [-0.2, 0) is 21.2 Å². The van der Waals surface area contributed by atoms with Crippen LogP contribution in [0.4, 0.5) is 5.69 Å². The molecule has 3 aromatic rings. The van der Waals surface area contributed by atoms with Crippen molar-refractivity contribution in [2.75, 3.05) is 11.4 Å². The smallest absolute Gasteiger partial charge is 0.241 e. The van der Waals surface area contributed by atoms with E-state index in [4.69, 9.17) is 0 Å². The second-order valence-corrected chi connectivity index (χ2v) is 9.48. The summed E-state index contributed by atoms with van der Waals surface area (Å²) in [4.78, 5) is 14.1. The summed E-state index contributed by atoms with van der Waals surface area (Å²) in [5, 5.41) is 0. The molecule has 31 heavy (non-hydrogen) atoms. The quantitative estimate of drug-likeness (QED) is 0.627. The summed E-state index contributed by atoms with van der Waals surface area (Å²) in [6.07, 6.45) is 1.08. The highest BCUT2D eigenvalue weighted by molar-refractivity contribution is 7.89. The standard InChI is InChI=1S/C25H26N2O3S/c1-3-24(28)27-16-15-20-17-21(13-14-23(20)27)31(29,30)26-25(19-10-5-4-6-11-19)22-12-8-7-9-18(22)2/h4-14,17,25-26H,3,15-16H2,1-2H3. The third kappa shape index (κ3) is 4.27. The second-order valence-electron chi connectivity index (χ2n) is 7.76. The summed E-state index contributed by atoms with van der Waals surface area (Å²) in [7, 11) is -3.79. The van der Waals surface area contributed by atoms with Crippen molar-refractivity contribution in [2.45, 2.75) is 37.6 Å². The van der Waals surface area contributed by atoms with E-state index in [1.807, 2.05) is 68.4 Å². The van der Waals surface area contributed by atoms with E-state index in [1.54, 1.807) is 23.1 Å². The van der Waals surface area contributed by atoms with E-state index in [0.29, 0.717) is 19.4 Å². The minimum absolute atomic E-state index is 0.0520. The van der Waals surface area contributed by atoms with Gasteiger partial charge in [-0.05, 0) is 53.8 Å². The van der Waals surface area contributed by atoms with Crippen LogP contribution in [0.1, 0.15) is 41.6 Å². The molecule has 1 N–H and O–H groups in total. The Morgan fingerprint density at radius 2 is 1.74 bits per heavy atom. The van der Waals surface area contributed by atoms with Crippen LogP contribution in [-0.4, -0.2) is 20.9 Å². The molecule has 0 saturated carbocycles. The van der Waals surface area contributed by atoms with Crippen LogP contribution in [0.25, 0.3) is 0 Å². The summed E-state index contributed by atoms with van der Waals surface area (Å²) < 4.78 is 29.7. The van der Waals surface area contributed by atoms with Gasteiger partial charge in [-0.3, -0.25) is 4.79 Å². The molecule has 1 unspecified atom stereocenters. The average molecular weight is 435 g/mol. The zero-order chi connectivity index (χ0) is 22.0. The number of fused-ring (bicyclic) bond motifs is 1. The van der Waals surface area contributed by atoms with E-state index < -0.39 is 16.1 Å². The lowest BCUT2D eigenvalue weighted by Gasteiger charge is -2.22. The predicted octanol–water partition coefficient (Wildman–Crippen LogP) is 4.36. The SMILES string of the molecule is CCC(=O)N1CCc2cc(S(=O)(=O)NC(c3ccccc3)c3ccccc3C)ccc21. The highest BCUT2D eigenvalue weighted by Crippen LogP contribution is 2.32. The van der Waals surface area contributed by atoms with Crippen molar-refractivity contribution < 1.29 is 13.2 Å². The van der Waals surface area contributed by atoms with E-state index >= 15 is 0 Å². The lowest BCUT2D eigenvalue weighted by atomic mass is 9.96. The molecule has 5 nitrogen and oxygen atoms in total. The van der Waals surface area contributed by atoms with Crippen LogP contribution < -0.4 is 9.62 Å². The Hall–Kier alpha value is -2.96. The fourth-order valence-electron chi connectivity index (χ4n) is 4.09. The highest BCUT2D eigenvalue weighted by Gasteiger charge is 2.28. The first-order chi connectivity index (χ1) is 14.9. The molecule has 160 valence electrons. The summed E-state index contributed by atoms with van der Waals surface area (Å²) in [5.41, 5.74) is 4.50. The lowest BCUT2D eigenvalue weighted by Crippen LogP contribution is -2.30. The van der Waals surface area contributed by atoms with Crippen molar-refractivity contribution in [3.63, 3.8) is 0 Å². The largest absolute Gasteiger partial charge is 0.312 e. The van der Waals surface area contributed by atoms with Crippen molar-refractivity contribution in [3.05, 3.63) is 95.1 Å². The van der Waals surface area contributed by atoms with Crippen LogP contribution >= 0.6 is 0 Å². The van der Waals surface area contributed by atoms with Gasteiger partial charge in [-0.15, -0.1) is 0 Å². The number of nitrogens with one attached hydrogen (secondary N) is 1. The number of amides is 1. The fraction of sp³-hybridized carbons (Fsp3) is 0.240. The van der Waals surface area contributed by atoms with Crippen LogP contribution in [0, 0.1) is 6.92 Å². The molecule has 6 heteroatoms. The number of benzene rings is 3. The molecule has 4 rings (SSSR count). The molecule has 1 atom stereocenters. The van der Waals surface area contributed by atoms with Crippen LogP contribution in [0.5, 0.6) is 0 Å². The zero-order valence-corrected chi connectivity index (χ0v) is 18.5. The first-order valence-corrected chi connectivity index (χ1v) is 11.9. The number of nitrogens with zero attached hydrogens (tertiary/aromatic N) is 1. The Morgan fingerprint density at radius 3 is 2.45 bits per heavy atom. The molecule has 0 aliphatic carbocycles. The van der Waals surface area contributed by atoms with E-state index in [2.05, 4.69) is 4.72 Å². The Kier molecular flexibility index (Phi) is 5.94. The number of aryl methyl sites for hydroxylation is 1. The summed E-state index contributed by atoms with van der Waals surface area (Å²) in [6.45, 7) is 4.40. The molecule has 1 aliphatic heterocycles. The van der Waals surface area contributed by atoms with Gasteiger partial charge in [0, 0.05) is 18.7 Å². The Bertz CT molecular complexity index is 1210. The van der Waals surface area contributed by atoms with E-state index in [1.165, 1.54) is 0 Å². The lowest BCUT2D eigenvalue weighted by molar-refractivity contribution is -0.118. The summed E-state index contributed by atoms with van der Waals surface area (Å²) >= 11 is 0. The number of anilines is 1. The Balaban J connectivity index is 1.70. The van der Waals surface area contributed by atoms with Crippen molar-refractivity contribution in [1.82, 2.24) is 4.72 Å².